The van der Waals surface area contributed by atoms with Gasteiger partial charge in [-0.15, -0.1) is 0 Å². The van der Waals surface area contributed by atoms with Crippen LogP contribution in [0.1, 0.15) is 16.7 Å². The molecule has 0 saturated carbocycles. The number of sulfonamides is 1. The molecule has 0 aliphatic carbocycles. The van der Waals surface area contributed by atoms with E-state index in [0.29, 0.717) is 16.9 Å². The van der Waals surface area contributed by atoms with Crippen LogP contribution in [0.25, 0.3) is 0 Å². The summed E-state index contributed by atoms with van der Waals surface area (Å²) in [7, 11) is -4.07. The fourth-order valence-electron chi connectivity index (χ4n) is 3.55. The number of benzene rings is 3. The molecule has 1 heterocycles. The second kappa shape index (κ2) is 7.00. The van der Waals surface area contributed by atoms with E-state index < -0.39 is 16.1 Å². The Balaban J connectivity index is 1.88. The van der Waals surface area contributed by atoms with Crippen LogP contribution in [0.5, 0.6) is 0 Å². The molecule has 0 bridgehead atoms. The molecule has 1 aliphatic rings. The van der Waals surface area contributed by atoms with E-state index in [9.17, 15) is 17.6 Å². The van der Waals surface area contributed by atoms with E-state index in [4.69, 9.17) is 0 Å². The zero-order chi connectivity index (χ0) is 20.8. The maximum atomic E-state index is 13.4. The molecule has 0 atom stereocenters. The zero-order valence-electron chi connectivity index (χ0n) is 16.0. The van der Waals surface area contributed by atoms with Gasteiger partial charge < -0.3 is 0 Å². The first-order chi connectivity index (χ1) is 13.8. The summed E-state index contributed by atoms with van der Waals surface area (Å²) in [6.07, 6.45) is 0. The Morgan fingerprint density at radius 3 is 2.17 bits per heavy atom. The van der Waals surface area contributed by atoms with Gasteiger partial charge in [0.2, 0.25) is 0 Å². The van der Waals surface area contributed by atoms with E-state index >= 15 is 0 Å². The number of hydrogen-bond donors (Lipinski definition) is 0. The van der Waals surface area contributed by atoms with Crippen molar-refractivity contribution >= 4 is 27.4 Å². The first kappa shape index (κ1) is 19.1. The Bertz CT molecular complexity index is 1190. The average molecular weight is 410 g/mol. The number of hydrogen-bond acceptors (Lipinski definition) is 3. The molecule has 2 amide bonds. The lowest BCUT2D eigenvalue weighted by Crippen LogP contribution is -2.50. The molecule has 4 rings (SSSR count). The van der Waals surface area contributed by atoms with Gasteiger partial charge in [-0.3, -0.25) is 4.90 Å². The van der Waals surface area contributed by atoms with E-state index in [0.717, 1.165) is 15.4 Å². The van der Waals surface area contributed by atoms with Gasteiger partial charge in [-0.25, -0.2) is 17.6 Å². The third-order valence-corrected chi connectivity index (χ3v) is 6.52. The van der Waals surface area contributed by atoms with Crippen molar-refractivity contribution in [3.8, 4) is 0 Å². The van der Waals surface area contributed by atoms with Gasteiger partial charge >= 0.3 is 6.03 Å². The van der Waals surface area contributed by atoms with Crippen molar-refractivity contribution < 1.29 is 17.6 Å². The summed E-state index contributed by atoms with van der Waals surface area (Å²) in [6.45, 7) is 3.82. The Hall–Kier alpha value is -3.19. The van der Waals surface area contributed by atoms with E-state index in [1.165, 1.54) is 23.1 Å². The zero-order valence-corrected chi connectivity index (χ0v) is 16.8. The van der Waals surface area contributed by atoms with Crippen LogP contribution in [0, 0.1) is 19.7 Å². The van der Waals surface area contributed by atoms with Crippen LogP contribution in [0.2, 0.25) is 0 Å². The number of amides is 2. The predicted molar refractivity (Wildman–Crippen MR) is 110 cm³/mol. The van der Waals surface area contributed by atoms with Gasteiger partial charge in [0.1, 0.15) is 10.7 Å². The van der Waals surface area contributed by atoms with Crippen molar-refractivity contribution in [1.82, 2.24) is 0 Å². The van der Waals surface area contributed by atoms with Gasteiger partial charge in [-0.05, 0) is 66.9 Å². The predicted octanol–water partition coefficient (Wildman–Crippen LogP) is 4.78. The van der Waals surface area contributed by atoms with Crippen LogP contribution in [-0.4, -0.2) is 14.4 Å². The first-order valence-corrected chi connectivity index (χ1v) is 10.5. The molecule has 29 heavy (non-hydrogen) atoms. The lowest BCUT2D eigenvalue weighted by molar-refractivity contribution is 0.253. The second-order valence-electron chi connectivity index (χ2n) is 7.08. The summed E-state index contributed by atoms with van der Waals surface area (Å²) in [4.78, 5) is 14.9. The van der Waals surface area contributed by atoms with Crippen LogP contribution in [0.3, 0.4) is 0 Å². The quantitative estimate of drug-likeness (QED) is 0.625. The topological polar surface area (TPSA) is 57.7 Å². The summed E-state index contributed by atoms with van der Waals surface area (Å²) in [6, 6.07) is 16.8. The summed E-state index contributed by atoms with van der Waals surface area (Å²) in [5.74, 6) is -0.376. The molecule has 0 radical (unpaired) electrons. The van der Waals surface area contributed by atoms with Gasteiger partial charge in [0.15, 0.2) is 0 Å². The van der Waals surface area contributed by atoms with E-state index in [2.05, 4.69) is 0 Å². The number of rotatable bonds is 3. The smallest absolute Gasteiger partial charge is 0.287 e. The largest absolute Gasteiger partial charge is 0.343 e. The number of anilines is 2. The lowest BCUT2D eigenvalue weighted by Gasteiger charge is -2.36. The molecule has 0 fully saturated rings. The van der Waals surface area contributed by atoms with Crippen LogP contribution in [0.15, 0.2) is 71.6 Å². The second-order valence-corrected chi connectivity index (χ2v) is 8.83. The minimum Gasteiger partial charge on any atom is -0.287 e. The standard InChI is InChI=1S/C22H19FN2O3S/c1-15-11-16(2)13-19(12-15)25-22(26)24(14-17-7-9-18(23)10-8-17)20-5-3-4-6-21(20)29(25,27)28/h3-13H,14H2,1-2H3. The minimum absolute atomic E-state index is 0.0564. The molecule has 0 unspecified atom stereocenters. The summed E-state index contributed by atoms with van der Waals surface area (Å²) >= 11 is 0. The number of carbonyl (C=O) groups is 1. The molecule has 5 nitrogen and oxygen atoms in total. The summed E-state index contributed by atoms with van der Waals surface area (Å²) in [5, 5.41) is 0. The molecule has 3 aromatic carbocycles. The number of carbonyl (C=O) groups excluding carboxylic acids is 1. The normalized spacial score (nSPS) is 15.3. The molecule has 0 spiro atoms. The van der Waals surface area contributed by atoms with Gasteiger partial charge in [-0.1, -0.05) is 30.3 Å². The maximum absolute atomic E-state index is 13.4. The lowest BCUT2D eigenvalue weighted by atomic mass is 10.1. The Kier molecular flexibility index (Phi) is 4.62. The highest BCUT2D eigenvalue weighted by atomic mass is 32.2. The Morgan fingerprint density at radius 2 is 1.52 bits per heavy atom. The fourth-order valence-corrected chi connectivity index (χ4v) is 5.13. The van der Waals surface area contributed by atoms with Gasteiger partial charge in [0, 0.05) is 0 Å². The highest BCUT2D eigenvalue weighted by Gasteiger charge is 2.42. The highest BCUT2D eigenvalue weighted by molar-refractivity contribution is 7.94. The summed E-state index contributed by atoms with van der Waals surface area (Å²) < 4.78 is 40.7. The van der Waals surface area contributed by atoms with Crippen LogP contribution in [-0.2, 0) is 16.6 Å². The van der Waals surface area contributed by atoms with Gasteiger partial charge in [-0.2, -0.15) is 4.31 Å². The number of para-hydroxylation sites is 1. The van der Waals surface area contributed by atoms with Crippen LogP contribution < -0.4 is 9.21 Å². The Labute approximate surface area is 169 Å². The number of halogens is 1. The van der Waals surface area contributed by atoms with Crippen LogP contribution >= 0.6 is 0 Å². The number of urea groups is 1. The maximum Gasteiger partial charge on any atom is 0.343 e. The molecular formula is C22H19FN2O3S. The monoisotopic (exact) mass is 410 g/mol. The fraction of sp³-hybridized carbons (Fsp3) is 0.136. The van der Waals surface area contributed by atoms with Crippen molar-refractivity contribution in [1.29, 1.82) is 0 Å². The molecule has 1 aliphatic heterocycles. The van der Waals surface area contributed by atoms with Crippen molar-refractivity contribution in [2.75, 3.05) is 9.21 Å². The SMILES string of the molecule is Cc1cc(C)cc(N2C(=O)N(Cc3ccc(F)cc3)c3ccccc3S2(=O)=O)c1. The van der Waals surface area contributed by atoms with E-state index in [1.807, 2.05) is 19.9 Å². The third-order valence-electron chi connectivity index (χ3n) is 4.77. The van der Waals surface area contributed by atoms with E-state index in [1.54, 1.807) is 42.5 Å². The van der Waals surface area contributed by atoms with Gasteiger partial charge in [0.05, 0.1) is 17.9 Å². The molecule has 7 heteroatoms. The molecule has 0 aromatic heterocycles. The number of nitrogens with zero attached hydrogens (tertiary/aromatic N) is 2. The number of fused-ring (bicyclic) bond motifs is 1. The minimum atomic E-state index is -4.07. The highest BCUT2D eigenvalue weighted by Crippen LogP contribution is 2.38. The molecule has 0 saturated heterocycles. The first-order valence-electron chi connectivity index (χ1n) is 9.06. The van der Waals surface area contributed by atoms with Gasteiger partial charge in [0.25, 0.3) is 10.0 Å². The molecule has 148 valence electrons. The van der Waals surface area contributed by atoms with Crippen molar-refractivity contribution in [3.63, 3.8) is 0 Å². The van der Waals surface area contributed by atoms with Crippen molar-refractivity contribution in [2.24, 2.45) is 0 Å². The third kappa shape index (κ3) is 3.38. The molecular weight excluding hydrogens is 391 g/mol. The summed E-state index contributed by atoms with van der Waals surface area (Å²) in [5.41, 5.74) is 3.00. The Morgan fingerprint density at radius 1 is 0.897 bits per heavy atom. The molecule has 0 N–H and O–H groups in total. The van der Waals surface area contributed by atoms with Crippen molar-refractivity contribution in [3.05, 3.63) is 89.2 Å². The molecule has 3 aromatic rings. The van der Waals surface area contributed by atoms with Crippen LogP contribution in [0.4, 0.5) is 20.6 Å². The van der Waals surface area contributed by atoms with E-state index in [-0.39, 0.29) is 17.3 Å². The average Bonchev–Trinajstić information content (AvgIpc) is 2.66. The van der Waals surface area contributed by atoms with Crippen molar-refractivity contribution in [2.45, 2.75) is 25.3 Å². The number of aryl methyl sites for hydroxylation is 2.